The molecule has 1 N–H and O–H groups in total. The summed E-state index contributed by atoms with van der Waals surface area (Å²) in [5.74, 6) is -0.482. The van der Waals surface area contributed by atoms with Crippen molar-refractivity contribution in [2.45, 2.75) is 6.92 Å². The maximum absolute atomic E-state index is 12.8. The Bertz CT molecular complexity index is 1080. The van der Waals surface area contributed by atoms with Gasteiger partial charge in [-0.1, -0.05) is 59.9 Å². The molecule has 1 aliphatic rings. The lowest BCUT2D eigenvalue weighted by molar-refractivity contribution is -0.113. The average molecular weight is 378 g/mol. The van der Waals surface area contributed by atoms with E-state index in [4.69, 9.17) is 12.2 Å². The van der Waals surface area contributed by atoms with Crippen molar-refractivity contribution in [2.75, 3.05) is 4.90 Å². The lowest BCUT2D eigenvalue weighted by Gasteiger charge is -2.14. The van der Waals surface area contributed by atoms with Crippen molar-refractivity contribution in [2.24, 2.45) is 0 Å². The molecule has 1 saturated heterocycles. The first kappa shape index (κ1) is 16.8. The number of aryl methyl sites for hydroxylation is 1. The Labute approximate surface area is 159 Å². The zero-order valence-corrected chi connectivity index (χ0v) is 15.5. The number of anilines is 1. The van der Waals surface area contributed by atoms with Gasteiger partial charge in [0.15, 0.2) is 10.1 Å². The van der Waals surface area contributed by atoms with Crippen molar-refractivity contribution in [1.29, 1.82) is 0 Å². The lowest BCUT2D eigenvalue weighted by atomic mass is 10.1. The van der Waals surface area contributed by atoms with Crippen LogP contribution in [0.5, 0.6) is 0 Å². The monoisotopic (exact) mass is 378 g/mol. The third-order valence-corrected chi connectivity index (χ3v) is 5.50. The second kappa shape index (κ2) is 6.55. The smallest absolute Gasteiger partial charge is 0.270 e. The first-order chi connectivity index (χ1) is 12.5. The average Bonchev–Trinajstić information content (AvgIpc) is 3.17. The highest BCUT2D eigenvalue weighted by Crippen LogP contribution is 2.35. The van der Waals surface area contributed by atoms with E-state index in [0.717, 1.165) is 28.2 Å². The molecule has 3 aromatic rings. The van der Waals surface area contributed by atoms with Crippen LogP contribution < -0.4 is 4.90 Å². The predicted octanol–water partition coefficient (Wildman–Crippen LogP) is 4.61. The maximum Gasteiger partial charge on any atom is 0.270 e. The Kier molecular flexibility index (Phi) is 4.22. The Balaban J connectivity index is 1.65. The van der Waals surface area contributed by atoms with Gasteiger partial charge in [-0.3, -0.25) is 14.5 Å². The molecule has 4 rings (SSSR count). The summed E-state index contributed by atoms with van der Waals surface area (Å²) in [7, 11) is 0. The van der Waals surface area contributed by atoms with Crippen LogP contribution >= 0.6 is 24.0 Å². The number of aromatic nitrogens is 1. The van der Waals surface area contributed by atoms with E-state index < -0.39 is 0 Å². The second-order valence-corrected chi connectivity index (χ2v) is 7.64. The highest BCUT2D eigenvalue weighted by atomic mass is 32.2. The highest BCUT2D eigenvalue weighted by molar-refractivity contribution is 8.27. The van der Waals surface area contributed by atoms with Crippen molar-refractivity contribution >= 4 is 56.6 Å². The molecule has 0 saturated carbocycles. The molecule has 6 heteroatoms. The number of nitrogens with one attached hydrogen (secondary N) is 1. The third-order valence-electron chi connectivity index (χ3n) is 4.20. The fraction of sp³-hybridized carbons (Fsp3) is 0.0500. The molecule has 26 heavy (non-hydrogen) atoms. The molecular weight excluding hydrogens is 364 g/mol. The van der Waals surface area contributed by atoms with E-state index in [1.54, 1.807) is 6.20 Å². The molecule has 4 nitrogen and oxygen atoms in total. The van der Waals surface area contributed by atoms with Gasteiger partial charge in [0.2, 0.25) is 0 Å². The molecule has 1 fully saturated rings. The van der Waals surface area contributed by atoms with Crippen molar-refractivity contribution in [1.82, 2.24) is 4.98 Å². The lowest BCUT2D eigenvalue weighted by Crippen LogP contribution is -2.27. The Morgan fingerprint density at radius 3 is 2.65 bits per heavy atom. The molecule has 128 valence electrons. The number of carbonyl (C=O) groups is 2. The molecular formula is C20H14N2O2S2. The zero-order chi connectivity index (χ0) is 18.3. The molecule has 0 bridgehead atoms. The molecule has 1 amide bonds. The number of aromatic amines is 1. The zero-order valence-electron chi connectivity index (χ0n) is 13.9. The van der Waals surface area contributed by atoms with Gasteiger partial charge in [0, 0.05) is 28.7 Å². The van der Waals surface area contributed by atoms with Crippen LogP contribution in [0.25, 0.3) is 10.9 Å². The minimum Gasteiger partial charge on any atom is -0.360 e. The number of ketones is 1. The largest absolute Gasteiger partial charge is 0.360 e. The molecule has 2 heterocycles. The fourth-order valence-corrected chi connectivity index (χ4v) is 4.13. The highest BCUT2D eigenvalue weighted by Gasteiger charge is 2.34. The van der Waals surface area contributed by atoms with Gasteiger partial charge in [-0.05, 0) is 25.1 Å². The van der Waals surface area contributed by atoms with Gasteiger partial charge in [0.25, 0.3) is 5.91 Å². The second-order valence-electron chi connectivity index (χ2n) is 5.96. The number of nitrogens with zero attached hydrogens (tertiary/aromatic N) is 1. The number of hydrogen-bond donors (Lipinski definition) is 1. The van der Waals surface area contributed by atoms with E-state index in [0.29, 0.717) is 20.5 Å². The van der Waals surface area contributed by atoms with E-state index in [2.05, 4.69) is 4.98 Å². The number of carbonyl (C=O) groups excluding carboxylic acids is 2. The van der Waals surface area contributed by atoms with Gasteiger partial charge in [-0.15, -0.1) is 0 Å². The number of amides is 1. The standard InChI is InChI=1S/C20H14N2O2S2/c1-12-6-8-13(9-7-12)22-19(24)18(26-20(22)25)10-17(23)15-11-21-16-5-3-2-4-14(15)16/h2-11,21H,1H3/b18-10-. The van der Waals surface area contributed by atoms with Crippen LogP contribution in [0.15, 0.2) is 65.7 Å². The summed E-state index contributed by atoms with van der Waals surface area (Å²) in [6, 6.07) is 15.1. The van der Waals surface area contributed by atoms with Gasteiger partial charge in [-0.2, -0.15) is 0 Å². The fourth-order valence-electron chi connectivity index (χ4n) is 2.86. The number of fused-ring (bicyclic) bond motifs is 1. The summed E-state index contributed by atoms with van der Waals surface area (Å²) in [6.45, 7) is 1.98. The number of benzene rings is 2. The first-order valence-electron chi connectivity index (χ1n) is 7.99. The topological polar surface area (TPSA) is 53.2 Å². The third kappa shape index (κ3) is 2.87. The van der Waals surface area contributed by atoms with Gasteiger partial charge in [0.05, 0.1) is 10.6 Å². The summed E-state index contributed by atoms with van der Waals surface area (Å²) >= 11 is 6.50. The maximum atomic E-state index is 12.8. The van der Waals surface area contributed by atoms with Crippen LogP contribution in [0.3, 0.4) is 0 Å². The SMILES string of the molecule is Cc1ccc(N2C(=O)/C(=C/C(=O)c3c[nH]c4ccccc34)SC2=S)cc1. The predicted molar refractivity (Wildman–Crippen MR) is 110 cm³/mol. The summed E-state index contributed by atoms with van der Waals surface area (Å²) in [5.41, 5.74) is 3.24. The Morgan fingerprint density at radius 2 is 1.88 bits per heavy atom. The van der Waals surface area contributed by atoms with Crippen molar-refractivity contribution in [3.05, 3.63) is 76.8 Å². The van der Waals surface area contributed by atoms with E-state index in [1.807, 2.05) is 55.5 Å². The minimum absolute atomic E-state index is 0.216. The summed E-state index contributed by atoms with van der Waals surface area (Å²) in [6.07, 6.45) is 3.05. The van der Waals surface area contributed by atoms with E-state index in [1.165, 1.54) is 11.0 Å². The number of allylic oxidation sites excluding steroid dienone is 1. The normalized spacial score (nSPS) is 16.0. The number of thioether (sulfide) groups is 1. The number of para-hydroxylation sites is 1. The molecule has 0 spiro atoms. The van der Waals surface area contributed by atoms with Crippen LogP contribution in [0.4, 0.5) is 5.69 Å². The Morgan fingerprint density at radius 1 is 1.15 bits per heavy atom. The van der Waals surface area contributed by atoms with Gasteiger partial charge >= 0.3 is 0 Å². The number of thiocarbonyl (C=S) groups is 1. The van der Waals surface area contributed by atoms with Gasteiger partial charge in [0.1, 0.15) is 0 Å². The van der Waals surface area contributed by atoms with Crippen LogP contribution in [0.2, 0.25) is 0 Å². The summed E-state index contributed by atoms with van der Waals surface area (Å²) < 4.78 is 0.428. The van der Waals surface area contributed by atoms with Crippen LogP contribution in [0.1, 0.15) is 15.9 Å². The molecule has 0 unspecified atom stereocenters. The molecule has 0 radical (unpaired) electrons. The van der Waals surface area contributed by atoms with Crippen molar-refractivity contribution in [3.8, 4) is 0 Å². The molecule has 1 aromatic heterocycles. The first-order valence-corrected chi connectivity index (χ1v) is 9.22. The quantitative estimate of drug-likeness (QED) is 0.411. The molecule has 2 aromatic carbocycles. The molecule has 0 aliphatic carbocycles. The number of rotatable bonds is 3. The number of H-pyrrole nitrogens is 1. The van der Waals surface area contributed by atoms with E-state index >= 15 is 0 Å². The van der Waals surface area contributed by atoms with Crippen molar-refractivity contribution < 1.29 is 9.59 Å². The van der Waals surface area contributed by atoms with E-state index in [-0.39, 0.29) is 11.7 Å². The van der Waals surface area contributed by atoms with Gasteiger partial charge < -0.3 is 4.98 Å². The molecule has 1 aliphatic heterocycles. The van der Waals surface area contributed by atoms with E-state index in [9.17, 15) is 9.59 Å². The molecule has 0 atom stereocenters. The number of hydrogen-bond acceptors (Lipinski definition) is 4. The van der Waals surface area contributed by atoms with Gasteiger partial charge in [-0.25, -0.2) is 0 Å². The Hall–Kier alpha value is -2.70. The summed E-state index contributed by atoms with van der Waals surface area (Å²) in [5, 5.41) is 0.836. The van der Waals surface area contributed by atoms with Crippen LogP contribution in [0, 0.1) is 6.92 Å². The minimum atomic E-state index is -0.267. The van der Waals surface area contributed by atoms with Crippen LogP contribution in [-0.4, -0.2) is 21.0 Å². The summed E-state index contributed by atoms with van der Waals surface area (Å²) in [4.78, 5) is 30.3. The van der Waals surface area contributed by atoms with Crippen LogP contribution in [-0.2, 0) is 4.79 Å². The van der Waals surface area contributed by atoms with Crippen molar-refractivity contribution in [3.63, 3.8) is 0 Å².